The second-order valence-corrected chi connectivity index (χ2v) is 16.9. The number of hydrogen-bond acceptors (Lipinski definition) is 16. The van der Waals surface area contributed by atoms with Crippen LogP contribution < -0.4 is 0 Å². The van der Waals surface area contributed by atoms with Crippen LogP contribution in [0.25, 0.3) is 0 Å². The molecule has 0 aromatic heterocycles. The van der Waals surface area contributed by atoms with Crippen LogP contribution in [0.15, 0.2) is 60.7 Å². The molecule has 6 aliphatic rings. The summed E-state index contributed by atoms with van der Waals surface area (Å²) in [4.78, 5) is 49.1. The maximum absolute atomic E-state index is 12.8. The fourth-order valence-corrected chi connectivity index (χ4v) is 8.50. The number of benzene rings is 2. The van der Waals surface area contributed by atoms with E-state index in [1.54, 1.807) is 104 Å². The van der Waals surface area contributed by atoms with E-state index in [4.69, 9.17) is 56.8 Å². The minimum atomic E-state index is -0.945. The summed E-state index contributed by atoms with van der Waals surface area (Å²) in [6.45, 7) is 16.7. The first-order valence-corrected chi connectivity index (χ1v) is 19.4. The molecule has 4 saturated heterocycles. The lowest BCUT2D eigenvalue weighted by molar-refractivity contribution is -0.194. The van der Waals surface area contributed by atoms with E-state index in [9.17, 15) is 19.2 Å². The molecular weight excluding hydrogens is 760 g/mol. The van der Waals surface area contributed by atoms with Gasteiger partial charge in [0.1, 0.15) is 48.8 Å². The third-order valence-corrected chi connectivity index (χ3v) is 10.4. The summed E-state index contributed by atoms with van der Waals surface area (Å²) < 4.78 is 71.2. The van der Waals surface area contributed by atoms with Gasteiger partial charge in [-0.05, 0) is 79.7 Å². The van der Waals surface area contributed by atoms with Crippen molar-refractivity contribution in [1.29, 1.82) is 0 Å². The lowest BCUT2D eigenvalue weighted by atomic mass is 9.84. The van der Waals surface area contributed by atoms with Crippen LogP contribution in [0.5, 0.6) is 0 Å². The average molecular weight is 813 g/mol. The Bertz CT molecular complexity index is 1650. The van der Waals surface area contributed by atoms with Gasteiger partial charge in [-0.1, -0.05) is 36.4 Å². The molecule has 16 heteroatoms. The zero-order valence-corrected chi connectivity index (χ0v) is 34.2. The smallest absolute Gasteiger partial charge is 0.338 e. The van der Waals surface area contributed by atoms with Crippen molar-refractivity contribution >= 4 is 23.9 Å². The summed E-state index contributed by atoms with van der Waals surface area (Å²) in [6, 6.07) is 17.4. The molecule has 0 unspecified atom stereocenters. The van der Waals surface area contributed by atoms with Crippen molar-refractivity contribution in [1.82, 2.24) is 0 Å². The number of ether oxygens (including phenoxy) is 12. The zero-order valence-electron chi connectivity index (χ0n) is 34.2. The van der Waals surface area contributed by atoms with Crippen LogP contribution in [0.2, 0.25) is 0 Å². The Hall–Kier alpha value is -4.00. The zero-order chi connectivity index (χ0) is 41.9. The lowest BCUT2D eigenvalue weighted by Gasteiger charge is -2.41. The van der Waals surface area contributed by atoms with E-state index in [-0.39, 0.29) is 0 Å². The molecule has 2 aliphatic carbocycles. The normalized spacial score (nSPS) is 36.7. The molecule has 316 valence electrons. The third-order valence-electron chi connectivity index (χ3n) is 10.4. The first kappa shape index (κ1) is 42.1. The summed E-state index contributed by atoms with van der Waals surface area (Å²) >= 11 is 0. The topological polar surface area (TPSA) is 179 Å². The van der Waals surface area contributed by atoms with Crippen LogP contribution in [0, 0.1) is 0 Å². The summed E-state index contributed by atoms with van der Waals surface area (Å²) in [5.74, 6) is -5.71. The number of carbonyl (C=O) groups excluding carboxylic acids is 4. The molecule has 0 N–H and O–H groups in total. The quantitative estimate of drug-likeness (QED) is 0.296. The van der Waals surface area contributed by atoms with Crippen molar-refractivity contribution < 1.29 is 76.0 Å². The molecule has 8 rings (SSSR count). The number of carbonyl (C=O) groups is 4. The van der Waals surface area contributed by atoms with Gasteiger partial charge >= 0.3 is 23.9 Å². The van der Waals surface area contributed by atoms with Crippen molar-refractivity contribution in [3.05, 3.63) is 71.8 Å². The second kappa shape index (κ2) is 15.6. The standard InChI is InChI=1S/2C21H26O8/c2*1-11(22)24-13-15-17(28-20(2,3)26-15)14(18-16(13)27-21(4,5)29-18)25-19(23)12-9-7-6-8-10-12/h2*6-10,13-18H,1-5H3/t2*13?,14?,15-,16-,17+,18+/m10/s1. The van der Waals surface area contributed by atoms with E-state index in [0.717, 1.165) is 0 Å². The Morgan fingerprint density at radius 3 is 0.793 bits per heavy atom. The lowest BCUT2D eigenvalue weighted by Crippen LogP contribution is -2.63. The summed E-state index contributed by atoms with van der Waals surface area (Å²) in [7, 11) is 0. The molecular formula is C42H52O16. The molecule has 0 spiro atoms. The summed E-state index contributed by atoms with van der Waals surface area (Å²) in [6.07, 6.45) is -8.48. The molecule has 2 aromatic rings. The highest BCUT2D eigenvalue weighted by atomic mass is 16.8. The molecule has 0 bridgehead atoms. The average Bonchev–Trinajstić information content (AvgIpc) is 3.85. The van der Waals surface area contributed by atoms with Gasteiger partial charge in [0.25, 0.3) is 0 Å². The molecule has 8 atom stereocenters. The van der Waals surface area contributed by atoms with Gasteiger partial charge in [0.2, 0.25) is 0 Å². The molecule has 58 heavy (non-hydrogen) atoms. The molecule has 6 fully saturated rings. The fraction of sp³-hybridized carbons (Fsp3) is 0.619. The number of rotatable bonds is 6. The summed E-state index contributed by atoms with van der Waals surface area (Å²) in [5, 5.41) is 0. The van der Waals surface area contributed by atoms with Gasteiger partial charge in [0.15, 0.2) is 47.6 Å². The first-order chi connectivity index (χ1) is 27.1. The maximum atomic E-state index is 12.8. The largest absolute Gasteiger partial charge is 0.457 e. The van der Waals surface area contributed by atoms with Crippen LogP contribution >= 0.6 is 0 Å². The molecule has 4 aliphatic heterocycles. The molecule has 2 aromatic carbocycles. The van der Waals surface area contributed by atoms with Crippen LogP contribution in [0.4, 0.5) is 0 Å². The number of esters is 4. The van der Waals surface area contributed by atoms with Crippen LogP contribution in [0.1, 0.15) is 90.0 Å². The van der Waals surface area contributed by atoms with E-state index in [0.29, 0.717) is 11.1 Å². The van der Waals surface area contributed by atoms with Gasteiger partial charge in [0, 0.05) is 13.8 Å². The molecule has 4 heterocycles. The van der Waals surface area contributed by atoms with Gasteiger partial charge in [-0.25, -0.2) is 9.59 Å². The van der Waals surface area contributed by atoms with Crippen LogP contribution in [0.3, 0.4) is 0 Å². The fourth-order valence-electron chi connectivity index (χ4n) is 8.50. The minimum absolute atomic E-state index is 0.416. The minimum Gasteiger partial charge on any atom is -0.457 e. The van der Waals surface area contributed by atoms with Crippen molar-refractivity contribution in [2.24, 2.45) is 0 Å². The third kappa shape index (κ3) is 8.80. The van der Waals surface area contributed by atoms with Crippen molar-refractivity contribution in [2.75, 3.05) is 0 Å². The van der Waals surface area contributed by atoms with E-state index < -0.39 is 120 Å². The molecule has 16 nitrogen and oxygen atoms in total. The van der Waals surface area contributed by atoms with Crippen molar-refractivity contribution in [2.45, 2.75) is 166 Å². The molecule has 0 amide bonds. The van der Waals surface area contributed by atoms with E-state index >= 15 is 0 Å². The van der Waals surface area contributed by atoms with Crippen LogP contribution in [-0.4, -0.2) is 120 Å². The Labute approximate surface area is 336 Å². The van der Waals surface area contributed by atoms with Gasteiger partial charge in [0.05, 0.1) is 11.1 Å². The Morgan fingerprint density at radius 1 is 0.379 bits per heavy atom. The second-order valence-electron chi connectivity index (χ2n) is 16.9. The number of hydrogen-bond donors (Lipinski definition) is 0. The van der Waals surface area contributed by atoms with Crippen LogP contribution in [-0.2, 0) is 66.4 Å². The predicted molar refractivity (Wildman–Crippen MR) is 198 cm³/mol. The Morgan fingerprint density at radius 2 is 0.586 bits per heavy atom. The van der Waals surface area contributed by atoms with Gasteiger partial charge in [-0.2, -0.15) is 0 Å². The highest BCUT2D eigenvalue weighted by Gasteiger charge is 2.67. The van der Waals surface area contributed by atoms with Gasteiger partial charge in [-0.3, -0.25) is 9.59 Å². The molecule has 2 saturated carbocycles. The predicted octanol–water partition coefficient (Wildman–Crippen LogP) is 4.40. The Balaban J connectivity index is 0.000000177. The van der Waals surface area contributed by atoms with E-state index in [1.807, 2.05) is 12.1 Å². The SMILES string of the molecule is CC(=O)OC1[C@@H]2OC(C)(C)O[C@@H]2C(OC(=O)c2ccccc2)[C@H]2OC(C)(C)O[C@@H]12.CC(=O)OC1[C@H]2OC(C)(C)O[C@H]2C(OC(=O)c2ccccc2)[C@@H]2OC(C)(C)O[C@H]12. The first-order valence-electron chi connectivity index (χ1n) is 19.4. The van der Waals surface area contributed by atoms with E-state index in [1.165, 1.54) is 13.8 Å². The molecule has 0 radical (unpaired) electrons. The summed E-state index contributed by atoms with van der Waals surface area (Å²) in [5.41, 5.74) is 0.832. The van der Waals surface area contributed by atoms with Gasteiger partial charge in [-0.15, -0.1) is 0 Å². The van der Waals surface area contributed by atoms with E-state index in [2.05, 4.69) is 0 Å². The monoisotopic (exact) mass is 812 g/mol. The van der Waals surface area contributed by atoms with Gasteiger partial charge < -0.3 is 56.8 Å². The Kier molecular flexibility index (Phi) is 11.3. The maximum Gasteiger partial charge on any atom is 0.338 e. The highest BCUT2D eigenvalue weighted by Crippen LogP contribution is 2.48. The highest BCUT2D eigenvalue weighted by molar-refractivity contribution is 5.90. The number of fused-ring (bicyclic) bond motifs is 4. The van der Waals surface area contributed by atoms with Crippen molar-refractivity contribution in [3.8, 4) is 0 Å². The van der Waals surface area contributed by atoms with Crippen molar-refractivity contribution in [3.63, 3.8) is 0 Å².